The summed E-state index contributed by atoms with van der Waals surface area (Å²) in [5.41, 5.74) is 4.59. The maximum atomic E-state index is 11.6. The average Bonchev–Trinajstić information content (AvgIpc) is 1.80. The zero-order valence-electron chi connectivity index (χ0n) is 6.23. The van der Waals surface area contributed by atoms with Crippen molar-refractivity contribution in [3.63, 3.8) is 0 Å². The SMILES string of the molecule is C[SiH](O)C(N)CCC(F)(F)F. The first-order valence-electron chi connectivity index (χ1n) is 3.33. The molecule has 11 heavy (non-hydrogen) atoms. The molecule has 0 amide bonds. The van der Waals surface area contributed by atoms with Gasteiger partial charge in [-0.2, -0.15) is 13.2 Å². The molecular formula is C5H12F3NOSi. The molecule has 0 aromatic carbocycles. The van der Waals surface area contributed by atoms with E-state index in [2.05, 4.69) is 0 Å². The van der Waals surface area contributed by atoms with Crippen LogP contribution in [0.2, 0.25) is 6.55 Å². The lowest BCUT2D eigenvalue weighted by molar-refractivity contribution is -0.135. The van der Waals surface area contributed by atoms with E-state index in [1.165, 1.54) is 6.55 Å². The van der Waals surface area contributed by atoms with E-state index in [9.17, 15) is 13.2 Å². The van der Waals surface area contributed by atoms with Gasteiger partial charge in [0.1, 0.15) is 0 Å². The molecule has 0 aliphatic heterocycles. The molecule has 68 valence electrons. The van der Waals surface area contributed by atoms with Gasteiger partial charge in [0, 0.05) is 12.1 Å². The number of hydrogen-bond donors (Lipinski definition) is 2. The highest BCUT2D eigenvalue weighted by Gasteiger charge is 2.28. The first-order valence-corrected chi connectivity index (χ1v) is 5.67. The molecule has 0 spiro atoms. The molecule has 0 bridgehead atoms. The molecule has 3 N–H and O–H groups in total. The number of nitrogens with two attached hydrogens (primary N) is 1. The molecule has 2 unspecified atom stereocenters. The molecule has 0 aliphatic carbocycles. The Morgan fingerprint density at radius 3 is 2.27 bits per heavy atom. The number of alkyl halides is 3. The molecule has 0 rings (SSSR count). The van der Waals surface area contributed by atoms with Crippen LogP contribution >= 0.6 is 0 Å². The van der Waals surface area contributed by atoms with Gasteiger partial charge in [0.15, 0.2) is 9.04 Å². The molecule has 0 heterocycles. The summed E-state index contributed by atoms with van der Waals surface area (Å²) in [6.45, 7) is 1.51. The Morgan fingerprint density at radius 1 is 1.55 bits per heavy atom. The van der Waals surface area contributed by atoms with Crippen LogP contribution in [0.1, 0.15) is 12.8 Å². The van der Waals surface area contributed by atoms with Crippen LogP contribution < -0.4 is 5.73 Å². The van der Waals surface area contributed by atoms with E-state index in [1.807, 2.05) is 0 Å². The minimum Gasteiger partial charge on any atom is -0.433 e. The molecule has 0 aromatic rings. The predicted octanol–water partition coefficient (Wildman–Crippen LogP) is 0.541. The molecule has 0 saturated heterocycles. The monoisotopic (exact) mass is 187 g/mol. The Kier molecular flexibility index (Phi) is 4.05. The summed E-state index contributed by atoms with van der Waals surface area (Å²) >= 11 is 0. The lowest BCUT2D eigenvalue weighted by Crippen LogP contribution is -2.37. The number of halogens is 3. The zero-order valence-corrected chi connectivity index (χ0v) is 7.38. The highest BCUT2D eigenvalue weighted by atomic mass is 28.3. The fraction of sp³-hybridized carbons (Fsp3) is 1.00. The summed E-state index contributed by atoms with van der Waals surface area (Å²) in [4.78, 5) is 8.86. The van der Waals surface area contributed by atoms with Crippen LogP contribution in [-0.2, 0) is 0 Å². The third-order valence-electron chi connectivity index (χ3n) is 1.38. The number of rotatable bonds is 3. The van der Waals surface area contributed by atoms with Gasteiger partial charge in [-0.3, -0.25) is 0 Å². The van der Waals surface area contributed by atoms with Crippen LogP contribution in [0.25, 0.3) is 0 Å². The summed E-state index contributed by atoms with van der Waals surface area (Å²) in [5.74, 6) is 0. The van der Waals surface area contributed by atoms with E-state index in [1.54, 1.807) is 0 Å². The van der Waals surface area contributed by atoms with Gasteiger partial charge in [-0.05, 0) is 13.0 Å². The molecule has 0 saturated carbocycles. The third-order valence-corrected chi connectivity index (χ3v) is 2.95. The van der Waals surface area contributed by atoms with Crippen molar-refractivity contribution >= 4 is 9.04 Å². The Balaban J connectivity index is 3.54. The normalized spacial score (nSPS) is 18.0. The van der Waals surface area contributed by atoms with Crippen LogP contribution in [0.5, 0.6) is 0 Å². The van der Waals surface area contributed by atoms with E-state index in [0.717, 1.165) is 0 Å². The van der Waals surface area contributed by atoms with E-state index in [0.29, 0.717) is 0 Å². The third kappa shape index (κ3) is 6.33. The first kappa shape index (κ1) is 10.9. The second-order valence-electron chi connectivity index (χ2n) is 2.56. The average molecular weight is 187 g/mol. The fourth-order valence-corrected chi connectivity index (χ4v) is 1.22. The first-order chi connectivity index (χ1) is 4.83. The Labute approximate surface area is 64.9 Å². The van der Waals surface area contributed by atoms with Gasteiger partial charge >= 0.3 is 6.18 Å². The molecule has 0 fully saturated rings. The maximum absolute atomic E-state index is 11.6. The molecule has 6 heteroatoms. The van der Waals surface area contributed by atoms with Gasteiger partial charge in [0.2, 0.25) is 0 Å². The van der Waals surface area contributed by atoms with Crippen molar-refractivity contribution in [2.45, 2.75) is 31.2 Å². The minimum atomic E-state index is -4.15. The van der Waals surface area contributed by atoms with Crippen molar-refractivity contribution in [1.82, 2.24) is 0 Å². The van der Waals surface area contributed by atoms with Gasteiger partial charge in [-0.25, -0.2) is 0 Å². The van der Waals surface area contributed by atoms with E-state index >= 15 is 0 Å². The summed E-state index contributed by atoms with van der Waals surface area (Å²) < 4.78 is 34.7. The molecule has 0 aromatic heterocycles. The fourth-order valence-electron chi connectivity index (χ4n) is 0.572. The lowest BCUT2D eigenvalue weighted by atomic mass is 10.3. The van der Waals surface area contributed by atoms with Crippen LogP contribution in [0.15, 0.2) is 0 Å². The van der Waals surface area contributed by atoms with E-state index < -0.39 is 27.3 Å². The molecule has 0 radical (unpaired) electrons. The Bertz CT molecular complexity index is 117. The van der Waals surface area contributed by atoms with E-state index in [4.69, 9.17) is 10.5 Å². The van der Waals surface area contributed by atoms with Crippen LogP contribution in [0.3, 0.4) is 0 Å². The molecule has 2 nitrogen and oxygen atoms in total. The van der Waals surface area contributed by atoms with Gasteiger partial charge < -0.3 is 10.5 Å². The van der Waals surface area contributed by atoms with Gasteiger partial charge in [-0.1, -0.05) is 0 Å². The van der Waals surface area contributed by atoms with Gasteiger partial charge in [0.25, 0.3) is 0 Å². The highest BCUT2D eigenvalue weighted by Crippen LogP contribution is 2.21. The van der Waals surface area contributed by atoms with Crippen molar-refractivity contribution in [2.24, 2.45) is 5.73 Å². The van der Waals surface area contributed by atoms with Crippen molar-refractivity contribution in [1.29, 1.82) is 0 Å². The minimum absolute atomic E-state index is 0.159. The molecule has 2 atom stereocenters. The van der Waals surface area contributed by atoms with Crippen molar-refractivity contribution in [3.05, 3.63) is 0 Å². The van der Waals surface area contributed by atoms with Crippen LogP contribution in [-0.4, -0.2) is 25.7 Å². The van der Waals surface area contributed by atoms with Crippen molar-refractivity contribution < 1.29 is 18.0 Å². The lowest BCUT2D eigenvalue weighted by Gasteiger charge is -2.13. The summed E-state index contributed by atoms with van der Waals surface area (Å²) in [7, 11) is -2.08. The van der Waals surface area contributed by atoms with Crippen molar-refractivity contribution in [3.8, 4) is 0 Å². The molecular weight excluding hydrogens is 175 g/mol. The number of hydrogen-bond acceptors (Lipinski definition) is 2. The highest BCUT2D eigenvalue weighted by molar-refractivity contribution is 6.50. The Hall–Kier alpha value is -0.0731. The smallest absolute Gasteiger partial charge is 0.389 e. The van der Waals surface area contributed by atoms with Crippen LogP contribution in [0.4, 0.5) is 13.2 Å². The second-order valence-corrected chi connectivity index (χ2v) is 4.90. The quantitative estimate of drug-likeness (QED) is 0.633. The molecule has 0 aliphatic rings. The van der Waals surface area contributed by atoms with Crippen LogP contribution in [0, 0.1) is 0 Å². The second kappa shape index (κ2) is 4.08. The predicted molar refractivity (Wildman–Crippen MR) is 38.5 cm³/mol. The Morgan fingerprint density at radius 2 is 2.00 bits per heavy atom. The summed E-state index contributed by atoms with van der Waals surface area (Å²) in [5, 5.41) is 0. The topological polar surface area (TPSA) is 46.2 Å². The largest absolute Gasteiger partial charge is 0.433 e. The van der Waals surface area contributed by atoms with Crippen molar-refractivity contribution in [2.75, 3.05) is 0 Å². The van der Waals surface area contributed by atoms with E-state index in [-0.39, 0.29) is 6.42 Å². The van der Waals surface area contributed by atoms with Gasteiger partial charge in [0.05, 0.1) is 0 Å². The zero-order chi connectivity index (χ0) is 9.07. The summed E-state index contributed by atoms with van der Waals surface area (Å²) in [6.07, 6.45) is -5.21. The summed E-state index contributed by atoms with van der Waals surface area (Å²) in [6, 6.07) is 0. The standard InChI is InChI=1S/C5H12F3NOSi/c1-11(10)4(9)2-3-5(6,7)8/h4,10-11H,2-3,9H2,1H3. The van der Waals surface area contributed by atoms with Gasteiger partial charge in [-0.15, -0.1) is 0 Å². The maximum Gasteiger partial charge on any atom is 0.389 e.